The zero-order valence-electron chi connectivity index (χ0n) is 28.0. The largest absolute Gasteiger partial charge is 0.462 e. The molecule has 2 rings (SSSR count). The van der Waals surface area contributed by atoms with Crippen molar-refractivity contribution in [2.45, 2.75) is 131 Å². The first kappa shape index (κ1) is 38.2. The van der Waals surface area contributed by atoms with Gasteiger partial charge in [-0.1, -0.05) is 30.1 Å². The predicted molar refractivity (Wildman–Crippen MR) is 161 cm³/mol. The highest BCUT2D eigenvalue weighted by Gasteiger charge is 2.63. The number of Topliss-reactive ketones (excluding diaryl/α,β-unsaturated/α-hetero) is 1. The minimum Gasteiger partial charge on any atom is -0.462 e. The van der Waals surface area contributed by atoms with Crippen LogP contribution < -0.4 is 0 Å². The summed E-state index contributed by atoms with van der Waals surface area (Å²) >= 11 is 12.6. The lowest BCUT2D eigenvalue weighted by atomic mass is 9.80. The van der Waals surface area contributed by atoms with Crippen LogP contribution in [0.5, 0.6) is 0 Å². The summed E-state index contributed by atoms with van der Waals surface area (Å²) in [6.07, 6.45) is -8.36. The molecule has 0 aromatic carbocycles. The maximum atomic E-state index is 13.3. The molecular formula is C31H48Cl2O11. The van der Waals surface area contributed by atoms with Crippen molar-refractivity contribution < 1.29 is 52.4 Å². The van der Waals surface area contributed by atoms with Crippen molar-refractivity contribution in [2.24, 2.45) is 27.6 Å². The topological polar surface area (TPSA) is 141 Å². The number of ketones is 1. The van der Waals surface area contributed by atoms with Crippen LogP contribution in [0, 0.1) is 27.6 Å². The summed E-state index contributed by atoms with van der Waals surface area (Å²) in [5, 5.41) is 0. The van der Waals surface area contributed by atoms with E-state index in [1.807, 2.05) is 0 Å². The van der Waals surface area contributed by atoms with Gasteiger partial charge < -0.3 is 28.4 Å². The van der Waals surface area contributed by atoms with Crippen LogP contribution in [0.2, 0.25) is 0 Å². The van der Waals surface area contributed by atoms with Crippen molar-refractivity contribution >= 4 is 52.9 Å². The van der Waals surface area contributed by atoms with E-state index >= 15 is 0 Å². The fourth-order valence-corrected chi connectivity index (χ4v) is 4.77. The number of rotatable bonds is 7. The summed E-state index contributed by atoms with van der Waals surface area (Å²) in [6, 6.07) is 0. The molecule has 44 heavy (non-hydrogen) atoms. The summed E-state index contributed by atoms with van der Waals surface area (Å²) in [4.78, 5) is 65.0. The summed E-state index contributed by atoms with van der Waals surface area (Å²) in [5.41, 5.74) is -3.95. The third-order valence-corrected chi connectivity index (χ3v) is 7.79. The Morgan fingerprint density at radius 3 is 1.45 bits per heavy atom. The van der Waals surface area contributed by atoms with Crippen molar-refractivity contribution in [3.05, 3.63) is 0 Å². The van der Waals surface area contributed by atoms with Gasteiger partial charge in [0.05, 0.1) is 21.7 Å². The van der Waals surface area contributed by atoms with Gasteiger partial charge in [-0.05, 0) is 83.1 Å². The van der Waals surface area contributed by atoms with Gasteiger partial charge in [-0.2, -0.15) is 0 Å². The average Bonchev–Trinajstić information content (AvgIpc) is 2.85. The molecule has 1 aliphatic heterocycles. The van der Waals surface area contributed by atoms with Crippen LogP contribution >= 0.6 is 23.2 Å². The summed E-state index contributed by atoms with van der Waals surface area (Å²) in [7, 11) is 0. The second kappa shape index (κ2) is 13.0. The Balaban J connectivity index is 2.71. The zero-order chi connectivity index (χ0) is 34.4. The third-order valence-electron chi connectivity index (χ3n) is 6.98. The van der Waals surface area contributed by atoms with Crippen molar-refractivity contribution in [3.8, 4) is 0 Å². The van der Waals surface area contributed by atoms with Crippen LogP contribution in [-0.4, -0.2) is 77.4 Å². The quantitative estimate of drug-likeness (QED) is 0.207. The minimum atomic E-state index is -1.93. The number of ether oxygens (including phenoxy) is 6. The van der Waals surface area contributed by atoms with Gasteiger partial charge in [0.25, 0.3) is 0 Å². The molecule has 0 N–H and O–H groups in total. The maximum Gasteiger partial charge on any atom is 0.311 e. The van der Waals surface area contributed by atoms with Crippen LogP contribution in [0.4, 0.5) is 0 Å². The molecule has 2 aliphatic rings. The second-order valence-electron chi connectivity index (χ2n) is 15.6. The molecular weight excluding hydrogens is 619 g/mol. The van der Waals surface area contributed by atoms with Gasteiger partial charge in [0, 0.05) is 5.92 Å². The van der Waals surface area contributed by atoms with Gasteiger partial charge in [-0.15, -0.1) is 0 Å². The first-order valence-electron chi connectivity index (χ1n) is 14.6. The number of carbonyl (C=O) groups excluding carboxylic acids is 5. The fourth-order valence-electron chi connectivity index (χ4n) is 3.95. The lowest BCUT2D eigenvalue weighted by molar-refractivity contribution is -0.326. The van der Waals surface area contributed by atoms with Crippen LogP contribution in [-0.2, 0) is 52.4 Å². The average molecular weight is 668 g/mol. The van der Waals surface area contributed by atoms with Gasteiger partial charge in [-0.25, -0.2) is 0 Å². The molecule has 0 aromatic heterocycles. The normalized spacial score (nSPS) is 29.2. The van der Waals surface area contributed by atoms with Crippen LogP contribution in [0.15, 0.2) is 0 Å². The van der Waals surface area contributed by atoms with Gasteiger partial charge in [0.15, 0.2) is 30.4 Å². The molecule has 2 fully saturated rings. The highest BCUT2D eigenvalue weighted by atomic mass is 35.5. The predicted octanol–water partition coefficient (Wildman–Crippen LogP) is 4.95. The molecule has 252 valence electrons. The van der Waals surface area contributed by atoms with Gasteiger partial charge in [-0.3, -0.25) is 24.0 Å². The molecule has 2 unspecified atom stereocenters. The molecule has 1 heterocycles. The Kier molecular flexibility index (Phi) is 11.3. The number of alkyl halides is 2. The van der Waals surface area contributed by atoms with Crippen molar-refractivity contribution in [1.29, 1.82) is 0 Å². The van der Waals surface area contributed by atoms with Gasteiger partial charge >= 0.3 is 23.9 Å². The Hall–Kier alpha value is -1.95. The number of hydrogen-bond donors (Lipinski definition) is 0. The SMILES string of the molecule is CC1C(=O)C(Cl)(Cl)C1O[C@@H]1O[C@H](COC(=O)C(C)(C)C)[C@H](OC(=O)C(C)(C)C)[C@H](OC(=O)C(C)(C)C)[C@H]1OC(=O)C(C)(C)C. The lowest BCUT2D eigenvalue weighted by Gasteiger charge is -2.50. The number of esters is 4. The standard InChI is InChI=1S/C31H48Cl2O11/c1-15-20(34)31(32,33)21(15)44-22-19(43-26(38)30(11,12)13)18(42-25(37)29(8,9)10)17(41-24(36)28(5,6)7)16(40-22)14-39-23(35)27(2,3)4/h15-19,21-22H,14H2,1-13H3/t15?,16-,17+,18+,19-,21?,22+/m1/s1. The van der Waals surface area contributed by atoms with Crippen molar-refractivity contribution in [3.63, 3.8) is 0 Å². The molecule has 13 heteroatoms. The Bertz CT molecular complexity index is 1120. The Morgan fingerprint density at radius 1 is 0.682 bits per heavy atom. The molecule has 0 aromatic rings. The second-order valence-corrected chi connectivity index (χ2v) is 17.0. The van der Waals surface area contributed by atoms with Crippen molar-refractivity contribution in [2.75, 3.05) is 6.61 Å². The van der Waals surface area contributed by atoms with E-state index in [1.54, 1.807) is 90.0 Å². The lowest BCUT2D eigenvalue weighted by Crippen LogP contribution is -2.68. The van der Waals surface area contributed by atoms with Crippen LogP contribution in [0.3, 0.4) is 0 Å². The Labute approximate surface area is 270 Å². The minimum absolute atomic E-state index is 0.451. The highest BCUT2D eigenvalue weighted by Crippen LogP contribution is 2.47. The molecule has 0 radical (unpaired) electrons. The molecule has 0 amide bonds. The maximum absolute atomic E-state index is 13.3. The van der Waals surface area contributed by atoms with E-state index in [2.05, 4.69) is 0 Å². The summed E-state index contributed by atoms with van der Waals surface area (Å²) in [6.45, 7) is 20.7. The first-order chi connectivity index (χ1) is 19.6. The van der Waals surface area contributed by atoms with E-state index < -0.39 is 105 Å². The fraction of sp³-hybridized carbons (Fsp3) is 0.839. The molecule has 1 saturated heterocycles. The number of halogens is 2. The third kappa shape index (κ3) is 8.85. The summed E-state index contributed by atoms with van der Waals surface area (Å²) in [5.74, 6) is -3.92. The van der Waals surface area contributed by atoms with Crippen molar-refractivity contribution in [1.82, 2.24) is 0 Å². The monoisotopic (exact) mass is 666 g/mol. The zero-order valence-corrected chi connectivity index (χ0v) is 29.5. The molecule has 0 spiro atoms. The Morgan fingerprint density at radius 2 is 1.07 bits per heavy atom. The van der Waals surface area contributed by atoms with Crippen LogP contribution in [0.25, 0.3) is 0 Å². The van der Waals surface area contributed by atoms with Gasteiger partial charge in [0.1, 0.15) is 18.8 Å². The van der Waals surface area contributed by atoms with E-state index in [9.17, 15) is 24.0 Å². The van der Waals surface area contributed by atoms with E-state index in [4.69, 9.17) is 51.6 Å². The molecule has 0 bridgehead atoms. The van der Waals surface area contributed by atoms with Crippen LogP contribution in [0.1, 0.15) is 90.0 Å². The number of hydrogen-bond acceptors (Lipinski definition) is 11. The summed E-state index contributed by atoms with van der Waals surface area (Å²) < 4.78 is 33.7. The molecule has 11 nitrogen and oxygen atoms in total. The first-order valence-corrected chi connectivity index (χ1v) is 15.4. The number of carbonyl (C=O) groups is 5. The van der Waals surface area contributed by atoms with E-state index in [-0.39, 0.29) is 0 Å². The smallest absolute Gasteiger partial charge is 0.311 e. The molecule has 7 atom stereocenters. The van der Waals surface area contributed by atoms with Gasteiger partial charge in [0.2, 0.25) is 4.33 Å². The van der Waals surface area contributed by atoms with E-state index in [0.29, 0.717) is 0 Å². The molecule has 1 aliphatic carbocycles. The molecule has 1 saturated carbocycles. The van der Waals surface area contributed by atoms with E-state index in [0.717, 1.165) is 0 Å². The highest BCUT2D eigenvalue weighted by molar-refractivity contribution is 6.61. The van der Waals surface area contributed by atoms with E-state index in [1.165, 1.54) is 0 Å².